The minimum Gasteiger partial charge on any atom is -0.508 e. The van der Waals surface area contributed by atoms with Crippen LogP contribution in [0.15, 0.2) is 48.5 Å². The summed E-state index contributed by atoms with van der Waals surface area (Å²) >= 11 is 1.83. The van der Waals surface area contributed by atoms with Crippen molar-refractivity contribution in [3.63, 3.8) is 0 Å². The average molecular weight is 831 g/mol. The third-order valence-corrected chi connectivity index (χ3v) is 13.0. The molecule has 0 radical (unpaired) electrons. The molecule has 0 heterocycles. The number of hydrogen-bond acceptors (Lipinski definition) is 6. The van der Waals surface area contributed by atoms with Crippen LogP contribution in [0.1, 0.15) is 219 Å². The Balaban J connectivity index is 2.05. The molecular formula is C53H82O5S. The molecule has 0 aliphatic heterocycles. The van der Waals surface area contributed by atoms with Crippen LogP contribution in [0.3, 0.4) is 0 Å². The lowest BCUT2D eigenvalue weighted by molar-refractivity contribution is -0.149. The van der Waals surface area contributed by atoms with E-state index in [9.17, 15) is 20.1 Å². The van der Waals surface area contributed by atoms with Crippen LogP contribution in [-0.2, 0) is 36.6 Å². The monoisotopic (exact) mass is 831 g/mol. The number of aromatic hydroxyl groups is 3. The molecule has 0 amide bonds. The summed E-state index contributed by atoms with van der Waals surface area (Å²) in [5.41, 5.74) is 3.95. The molecular weight excluding hydrogens is 749 g/mol. The standard InChI is InChI=1S/C53H82O5S/c1-15-16-17-18-19-20-21-22-23-24-30-59-31-29-47(56)58-46(37-32-42(51(8,9)10)48(57)43(33-37)52(11,12)13)36-53(14,38-25-27-44(54)40(34-38)49(2,3)4)39-26-28-45(55)41(35-39)50(5,6)7/h25-28,32-35,46,54-55,57H,15-24,29-31,36H2,1-14H3. The zero-order chi connectivity index (χ0) is 44.4. The highest BCUT2D eigenvalue weighted by Gasteiger charge is 2.38. The largest absolute Gasteiger partial charge is 0.508 e. The Morgan fingerprint density at radius 2 is 0.966 bits per heavy atom. The third-order valence-electron chi connectivity index (χ3n) is 12.0. The summed E-state index contributed by atoms with van der Waals surface area (Å²) in [5.74, 6) is 2.28. The SMILES string of the molecule is CCCCCCCCCCCCSCCC(=O)OC(CC(C)(c1ccc(O)c(C(C)(C)C)c1)c1ccc(O)c(C(C)(C)C)c1)c1cc(C(C)(C)C)c(O)c(C(C)(C)C)c1. The number of thioether (sulfide) groups is 1. The summed E-state index contributed by atoms with van der Waals surface area (Å²) in [6, 6.07) is 15.8. The molecule has 3 rings (SSSR count). The van der Waals surface area contributed by atoms with Gasteiger partial charge in [0.05, 0.1) is 6.42 Å². The molecule has 0 fully saturated rings. The van der Waals surface area contributed by atoms with Crippen LogP contribution in [0, 0.1) is 0 Å². The predicted molar refractivity (Wildman–Crippen MR) is 253 cm³/mol. The number of benzene rings is 3. The van der Waals surface area contributed by atoms with Crippen LogP contribution in [0.2, 0.25) is 0 Å². The van der Waals surface area contributed by atoms with Crippen LogP contribution >= 0.6 is 11.8 Å². The summed E-state index contributed by atoms with van der Waals surface area (Å²) in [4.78, 5) is 14.0. The molecule has 0 spiro atoms. The fraction of sp³-hybridized carbons (Fsp3) is 0.642. The number of phenolic OH excluding ortho intramolecular Hbond substituents is 3. The molecule has 0 bridgehead atoms. The first-order valence-electron chi connectivity index (χ1n) is 22.6. The van der Waals surface area contributed by atoms with Gasteiger partial charge in [-0.05, 0) is 97.0 Å². The van der Waals surface area contributed by atoms with E-state index in [-0.39, 0.29) is 44.9 Å². The second kappa shape index (κ2) is 21.1. The van der Waals surface area contributed by atoms with E-state index < -0.39 is 11.5 Å². The number of hydrogen-bond donors (Lipinski definition) is 3. The number of ether oxygens (including phenoxy) is 1. The van der Waals surface area contributed by atoms with Gasteiger partial charge < -0.3 is 20.1 Å². The number of rotatable bonds is 20. The molecule has 0 saturated heterocycles. The van der Waals surface area contributed by atoms with E-state index in [4.69, 9.17) is 4.74 Å². The van der Waals surface area contributed by atoms with E-state index in [0.29, 0.717) is 18.6 Å². The van der Waals surface area contributed by atoms with Crippen molar-refractivity contribution in [2.24, 2.45) is 0 Å². The van der Waals surface area contributed by atoms with Crippen molar-refractivity contribution >= 4 is 17.7 Å². The summed E-state index contributed by atoms with van der Waals surface area (Å²) in [5, 5.41) is 33.9. The van der Waals surface area contributed by atoms with Gasteiger partial charge in [-0.1, -0.05) is 179 Å². The van der Waals surface area contributed by atoms with Crippen molar-refractivity contribution in [1.29, 1.82) is 0 Å². The van der Waals surface area contributed by atoms with Gasteiger partial charge in [-0.3, -0.25) is 4.79 Å². The van der Waals surface area contributed by atoms with Crippen molar-refractivity contribution in [2.75, 3.05) is 11.5 Å². The van der Waals surface area contributed by atoms with Gasteiger partial charge in [0.15, 0.2) is 0 Å². The quantitative estimate of drug-likeness (QED) is 0.0777. The highest BCUT2D eigenvalue weighted by atomic mass is 32.2. The molecule has 0 aliphatic rings. The smallest absolute Gasteiger partial charge is 0.307 e. The lowest BCUT2D eigenvalue weighted by atomic mass is 9.68. The topological polar surface area (TPSA) is 87.0 Å². The maximum absolute atomic E-state index is 14.0. The van der Waals surface area contributed by atoms with E-state index in [1.165, 1.54) is 64.2 Å². The summed E-state index contributed by atoms with van der Waals surface area (Å²) in [6.07, 6.45) is 13.1. The lowest BCUT2D eigenvalue weighted by Crippen LogP contribution is -2.30. The second-order valence-electron chi connectivity index (χ2n) is 21.5. The molecule has 1 atom stereocenters. The Morgan fingerprint density at radius 3 is 1.37 bits per heavy atom. The Labute approximate surface area is 364 Å². The highest BCUT2D eigenvalue weighted by Crippen LogP contribution is 2.48. The number of carbonyl (C=O) groups is 1. The average Bonchev–Trinajstić information content (AvgIpc) is 3.11. The maximum Gasteiger partial charge on any atom is 0.307 e. The molecule has 0 aliphatic carbocycles. The molecule has 6 heteroatoms. The van der Waals surface area contributed by atoms with Gasteiger partial charge >= 0.3 is 5.97 Å². The molecule has 3 aromatic rings. The summed E-state index contributed by atoms with van der Waals surface area (Å²) < 4.78 is 6.67. The third kappa shape index (κ3) is 14.5. The van der Waals surface area contributed by atoms with E-state index in [0.717, 1.165) is 44.7 Å². The Kier molecular flexibility index (Phi) is 18.0. The zero-order valence-corrected chi connectivity index (χ0v) is 40.5. The van der Waals surface area contributed by atoms with Crippen molar-refractivity contribution in [3.8, 4) is 17.2 Å². The summed E-state index contributed by atoms with van der Waals surface area (Å²) in [7, 11) is 0. The van der Waals surface area contributed by atoms with E-state index in [1.807, 2.05) is 36.0 Å². The van der Waals surface area contributed by atoms with Crippen molar-refractivity contribution in [2.45, 2.75) is 207 Å². The van der Waals surface area contributed by atoms with Crippen LogP contribution in [-0.4, -0.2) is 32.8 Å². The second-order valence-corrected chi connectivity index (χ2v) is 22.7. The van der Waals surface area contributed by atoms with Crippen molar-refractivity contribution in [3.05, 3.63) is 87.5 Å². The molecule has 330 valence electrons. The van der Waals surface area contributed by atoms with Gasteiger partial charge in [-0.25, -0.2) is 0 Å². The van der Waals surface area contributed by atoms with Crippen LogP contribution in [0.4, 0.5) is 0 Å². The Hall–Kier alpha value is -3.12. The normalized spacial score (nSPS) is 13.5. The number of esters is 1. The van der Waals surface area contributed by atoms with Crippen LogP contribution in [0.25, 0.3) is 0 Å². The van der Waals surface area contributed by atoms with Gasteiger partial charge in [-0.2, -0.15) is 11.8 Å². The van der Waals surface area contributed by atoms with Gasteiger partial charge in [-0.15, -0.1) is 0 Å². The maximum atomic E-state index is 14.0. The lowest BCUT2D eigenvalue weighted by Gasteiger charge is -2.37. The Bertz CT molecular complexity index is 1700. The first-order valence-corrected chi connectivity index (χ1v) is 23.8. The van der Waals surface area contributed by atoms with Crippen LogP contribution < -0.4 is 0 Å². The molecule has 0 saturated carbocycles. The number of unbranched alkanes of at least 4 members (excludes halogenated alkanes) is 9. The fourth-order valence-corrected chi connectivity index (χ4v) is 9.04. The van der Waals surface area contributed by atoms with Gasteiger partial charge in [0.1, 0.15) is 23.4 Å². The first kappa shape index (κ1) is 50.2. The Morgan fingerprint density at radius 1 is 0.559 bits per heavy atom. The molecule has 0 aromatic heterocycles. The number of carbonyl (C=O) groups excluding carboxylic acids is 1. The predicted octanol–water partition coefficient (Wildman–Crippen LogP) is 15.0. The highest BCUT2D eigenvalue weighted by molar-refractivity contribution is 7.99. The number of phenols is 3. The van der Waals surface area contributed by atoms with E-state index in [1.54, 1.807) is 12.1 Å². The fourth-order valence-electron chi connectivity index (χ4n) is 8.11. The van der Waals surface area contributed by atoms with E-state index >= 15 is 0 Å². The zero-order valence-electron chi connectivity index (χ0n) is 39.7. The first-order chi connectivity index (χ1) is 27.3. The summed E-state index contributed by atoms with van der Waals surface area (Å²) in [6.45, 7) is 29.6. The van der Waals surface area contributed by atoms with Gasteiger partial charge in [0.2, 0.25) is 0 Å². The molecule has 1 unspecified atom stereocenters. The minimum absolute atomic E-state index is 0.238. The van der Waals surface area contributed by atoms with E-state index in [2.05, 4.69) is 109 Å². The molecule has 5 nitrogen and oxygen atoms in total. The minimum atomic E-state index is -0.738. The van der Waals surface area contributed by atoms with Gasteiger partial charge in [0, 0.05) is 17.6 Å². The van der Waals surface area contributed by atoms with Crippen LogP contribution in [0.5, 0.6) is 17.2 Å². The molecule has 59 heavy (non-hydrogen) atoms. The van der Waals surface area contributed by atoms with Crippen molar-refractivity contribution < 1.29 is 24.9 Å². The molecule has 3 N–H and O–H groups in total. The van der Waals surface area contributed by atoms with Crippen molar-refractivity contribution in [1.82, 2.24) is 0 Å². The van der Waals surface area contributed by atoms with Gasteiger partial charge in [0.25, 0.3) is 0 Å². The molecule has 3 aromatic carbocycles.